The van der Waals surface area contributed by atoms with Crippen LogP contribution in [0.25, 0.3) is 11.3 Å². The SMILES string of the molecule is COc1nccn2c(CNC(=O)c3ccc(-n4cccc4)cc3)nnc12. The molecule has 1 aromatic carbocycles. The van der Waals surface area contributed by atoms with Crippen LogP contribution in [0.1, 0.15) is 16.2 Å². The Bertz CT molecular complexity index is 1040. The number of hydrogen-bond acceptors (Lipinski definition) is 5. The quantitative estimate of drug-likeness (QED) is 0.595. The van der Waals surface area contributed by atoms with Gasteiger partial charge in [-0.05, 0) is 36.4 Å². The molecule has 3 aromatic heterocycles. The fraction of sp³-hybridized carbons (Fsp3) is 0.111. The minimum absolute atomic E-state index is 0.179. The molecule has 0 spiro atoms. The Hall–Kier alpha value is -3.68. The second kappa shape index (κ2) is 6.67. The molecule has 0 aliphatic heterocycles. The Morgan fingerprint density at radius 1 is 1.12 bits per heavy atom. The van der Waals surface area contributed by atoms with Gasteiger partial charge in [-0.25, -0.2) is 4.98 Å². The van der Waals surface area contributed by atoms with Crippen LogP contribution in [0.15, 0.2) is 61.2 Å². The highest BCUT2D eigenvalue weighted by Gasteiger charge is 2.12. The Morgan fingerprint density at radius 2 is 1.88 bits per heavy atom. The number of carbonyl (C=O) groups excluding carboxylic acids is 1. The first-order valence-corrected chi connectivity index (χ1v) is 8.00. The second-order valence-electron chi connectivity index (χ2n) is 5.57. The van der Waals surface area contributed by atoms with E-state index in [0.717, 1.165) is 5.69 Å². The van der Waals surface area contributed by atoms with E-state index >= 15 is 0 Å². The molecule has 0 unspecified atom stereocenters. The maximum absolute atomic E-state index is 12.4. The molecule has 4 aromatic rings. The highest BCUT2D eigenvalue weighted by Crippen LogP contribution is 2.14. The molecule has 130 valence electrons. The number of carbonyl (C=O) groups is 1. The summed E-state index contributed by atoms with van der Waals surface area (Å²) in [7, 11) is 1.52. The van der Waals surface area contributed by atoms with Crippen LogP contribution < -0.4 is 10.1 Å². The van der Waals surface area contributed by atoms with Gasteiger partial charge in [0.05, 0.1) is 13.7 Å². The molecule has 0 saturated heterocycles. The number of amides is 1. The van der Waals surface area contributed by atoms with Crippen molar-refractivity contribution in [3.63, 3.8) is 0 Å². The first-order valence-electron chi connectivity index (χ1n) is 8.00. The molecule has 0 bridgehead atoms. The van der Waals surface area contributed by atoms with Crippen molar-refractivity contribution in [2.24, 2.45) is 0 Å². The Balaban J connectivity index is 1.47. The zero-order chi connectivity index (χ0) is 17.9. The van der Waals surface area contributed by atoms with Crippen molar-refractivity contribution < 1.29 is 9.53 Å². The van der Waals surface area contributed by atoms with Gasteiger partial charge in [0, 0.05) is 36.0 Å². The topological polar surface area (TPSA) is 86.3 Å². The summed E-state index contributed by atoms with van der Waals surface area (Å²) in [5.41, 5.74) is 2.08. The Kier molecular flexibility index (Phi) is 4.06. The summed E-state index contributed by atoms with van der Waals surface area (Å²) in [6.45, 7) is 0.243. The summed E-state index contributed by atoms with van der Waals surface area (Å²) in [6.07, 6.45) is 7.23. The molecule has 3 heterocycles. The van der Waals surface area contributed by atoms with Crippen LogP contribution >= 0.6 is 0 Å². The van der Waals surface area contributed by atoms with Crippen LogP contribution in [0.2, 0.25) is 0 Å². The fourth-order valence-corrected chi connectivity index (χ4v) is 2.67. The molecule has 0 aliphatic carbocycles. The molecule has 0 aliphatic rings. The lowest BCUT2D eigenvalue weighted by atomic mass is 10.2. The monoisotopic (exact) mass is 348 g/mol. The number of methoxy groups -OCH3 is 1. The van der Waals surface area contributed by atoms with Gasteiger partial charge in [0.25, 0.3) is 11.8 Å². The van der Waals surface area contributed by atoms with Crippen molar-refractivity contribution in [3.05, 3.63) is 72.6 Å². The Morgan fingerprint density at radius 3 is 2.62 bits per heavy atom. The van der Waals surface area contributed by atoms with Crippen molar-refractivity contribution in [1.82, 2.24) is 29.5 Å². The first-order chi connectivity index (χ1) is 12.8. The van der Waals surface area contributed by atoms with E-state index < -0.39 is 0 Å². The summed E-state index contributed by atoms with van der Waals surface area (Å²) in [6, 6.07) is 11.3. The van der Waals surface area contributed by atoms with E-state index in [2.05, 4.69) is 20.5 Å². The van der Waals surface area contributed by atoms with E-state index in [1.165, 1.54) is 7.11 Å². The normalized spacial score (nSPS) is 10.8. The van der Waals surface area contributed by atoms with Crippen molar-refractivity contribution in [2.45, 2.75) is 6.54 Å². The molecule has 0 radical (unpaired) electrons. The molecular formula is C18H16N6O2. The smallest absolute Gasteiger partial charge is 0.260 e. The highest BCUT2D eigenvalue weighted by molar-refractivity contribution is 5.94. The molecule has 8 heteroatoms. The third-order valence-electron chi connectivity index (χ3n) is 4.00. The lowest BCUT2D eigenvalue weighted by molar-refractivity contribution is 0.0950. The van der Waals surface area contributed by atoms with Crippen LogP contribution in [0.4, 0.5) is 0 Å². The largest absolute Gasteiger partial charge is 0.478 e. The fourth-order valence-electron chi connectivity index (χ4n) is 2.67. The van der Waals surface area contributed by atoms with E-state index in [1.54, 1.807) is 28.9 Å². The summed E-state index contributed by atoms with van der Waals surface area (Å²) in [5, 5.41) is 11.0. The molecule has 1 N–H and O–H groups in total. The van der Waals surface area contributed by atoms with Gasteiger partial charge in [0.2, 0.25) is 5.65 Å². The lowest BCUT2D eigenvalue weighted by Gasteiger charge is -2.07. The lowest BCUT2D eigenvalue weighted by Crippen LogP contribution is -2.24. The molecule has 4 rings (SSSR count). The predicted molar refractivity (Wildman–Crippen MR) is 94.3 cm³/mol. The van der Waals surface area contributed by atoms with Crippen molar-refractivity contribution >= 4 is 11.6 Å². The zero-order valence-electron chi connectivity index (χ0n) is 14.0. The summed E-state index contributed by atoms with van der Waals surface area (Å²) < 4.78 is 8.87. The molecule has 26 heavy (non-hydrogen) atoms. The summed E-state index contributed by atoms with van der Waals surface area (Å²) in [5.74, 6) is 0.804. The van der Waals surface area contributed by atoms with Crippen LogP contribution in [0.3, 0.4) is 0 Å². The van der Waals surface area contributed by atoms with Crippen LogP contribution in [0.5, 0.6) is 5.88 Å². The van der Waals surface area contributed by atoms with Crippen molar-refractivity contribution in [1.29, 1.82) is 0 Å². The van der Waals surface area contributed by atoms with Crippen LogP contribution in [-0.2, 0) is 6.54 Å². The van der Waals surface area contributed by atoms with Gasteiger partial charge in [-0.3, -0.25) is 9.20 Å². The van der Waals surface area contributed by atoms with Gasteiger partial charge in [-0.1, -0.05) is 0 Å². The van der Waals surface area contributed by atoms with E-state index in [-0.39, 0.29) is 12.5 Å². The second-order valence-corrected chi connectivity index (χ2v) is 5.57. The van der Waals surface area contributed by atoms with Gasteiger partial charge in [-0.2, -0.15) is 0 Å². The standard InChI is InChI=1S/C18H16N6O2/c1-26-18-16-22-21-15(24(16)11-8-19-18)12-20-17(25)13-4-6-14(7-5-13)23-9-2-3-10-23/h2-11H,12H2,1H3,(H,20,25). The number of rotatable bonds is 5. The number of nitrogens with zero attached hydrogens (tertiary/aromatic N) is 5. The number of hydrogen-bond donors (Lipinski definition) is 1. The number of fused-ring (bicyclic) bond motifs is 1. The molecule has 1 amide bonds. The maximum atomic E-state index is 12.4. The molecule has 0 atom stereocenters. The van der Waals surface area contributed by atoms with E-state index in [1.807, 2.05) is 41.2 Å². The van der Waals surface area contributed by atoms with Gasteiger partial charge < -0.3 is 14.6 Å². The van der Waals surface area contributed by atoms with Gasteiger partial charge >= 0.3 is 0 Å². The number of aromatic nitrogens is 5. The van der Waals surface area contributed by atoms with E-state index in [9.17, 15) is 4.79 Å². The van der Waals surface area contributed by atoms with E-state index in [4.69, 9.17) is 4.74 Å². The number of ether oxygens (including phenoxy) is 1. The average molecular weight is 348 g/mol. The van der Waals surface area contributed by atoms with E-state index in [0.29, 0.717) is 22.9 Å². The molecule has 0 fully saturated rings. The number of nitrogens with one attached hydrogen (secondary N) is 1. The minimum atomic E-state index is -0.179. The highest BCUT2D eigenvalue weighted by atomic mass is 16.5. The molecule has 0 saturated carbocycles. The summed E-state index contributed by atoms with van der Waals surface area (Å²) >= 11 is 0. The van der Waals surface area contributed by atoms with Crippen LogP contribution in [0, 0.1) is 0 Å². The minimum Gasteiger partial charge on any atom is -0.478 e. The van der Waals surface area contributed by atoms with Gasteiger partial charge in [0.1, 0.15) is 0 Å². The Labute approximate surface area is 149 Å². The predicted octanol–water partition coefficient (Wildman–Crippen LogP) is 1.85. The third-order valence-corrected chi connectivity index (χ3v) is 4.00. The third kappa shape index (κ3) is 2.88. The maximum Gasteiger partial charge on any atom is 0.260 e. The molecule has 8 nitrogen and oxygen atoms in total. The first kappa shape index (κ1) is 15.8. The van der Waals surface area contributed by atoms with Gasteiger partial charge in [0.15, 0.2) is 5.82 Å². The van der Waals surface area contributed by atoms with Crippen molar-refractivity contribution in [2.75, 3.05) is 7.11 Å². The zero-order valence-corrected chi connectivity index (χ0v) is 14.0. The van der Waals surface area contributed by atoms with Crippen molar-refractivity contribution in [3.8, 4) is 11.6 Å². The summed E-state index contributed by atoms with van der Waals surface area (Å²) in [4.78, 5) is 16.5. The van der Waals surface area contributed by atoms with Crippen LogP contribution in [-0.4, -0.2) is 37.2 Å². The van der Waals surface area contributed by atoms with Gasteiger partial charge in [-0.15, -0.1) is 10.2 Å². The number of benzene rings is 1. The molecular weight excluding hydrogens is 332 g/mol. The average Bonchev–Trinajstić information content (AvgIpc) is 3.36.